The second-order valence-corrected chi connectivity index (χ2v) is 6.02. The van der Waals surface area contributed by atoms with Crippen molar-refractivity contribution in [2.24, 2.45) is 0 Å². The van der Waals surface area contributed by atoms with Crippen LogP contribution in [0, 0.1) is 0 Å². The summed E-state index contributed by atoms with van der Waals surface area (Å²) in [7, 11) is 4.33. The van der Waals surface area contributed by atoms with Gasteiger partial charge in [-0.1, -0.05) is 13.8 Å². The number of hydrogen-bond donors (Lipinski definition) is 2. The molecule has 158 valence electrons. The lowest BCUT2D eigenvalue weighted by molar-refractivity contribution is 0.0827. The van der Waals surface area contributed by atoms with Crippen molar-refractivity contribution in [3.8, 4) is 17.2 Å². The van der Waals surface area contributed by atoms with Crippen molar-refractivity contribution >= 4 is 11.8 Å². The van der Waals surface area contributed by atoms with Crippen LogP contribution in [0.3, 0.4) is 0 Å². The smallest absolute Gasteiger partial charge is 0.305 e. The molecule has 2 rings (SSSR count). The first-order valence-corrected chi connectivity index (χ1v) is 9.19. The van der Waals surface area contributed by atoms with Gasteiger partial charge < -0.3 is 18.6 Å². The third-order valence-corrected chi connectivity index (χ3v) is 4.40. The van der Waals surface area contributed by atoms with Crippen molar-refractivity contribution in [3.05, 3.63) is 41.3 Å². The van der Waals surface area contributed by atoms with Gasteiger partial charge >= 0.3 is 5.91 Å². The fraction of sp³-hybridized carbons (Fsp3) is 0.400. The average Bonchev–Trinajstić information content (AvgIpc) is 3.22. The number of rotatable bonds is 9. The third kappa shape index (κ3) is 5.20. The molecule has 0 aliphatic rings. The maximum absolute atomic E-state index is 12.5. The molecular weight excluding hydrogens is 378 g/mol. The molecule has 0 aliphatic heterocycles. The van der Waals surface area contributed by atoms with Crippen LogP contribution in [0.1, 0.15) is 40.5 Å². The lowest BCUT2D eigenvalue weighted by Crippen LogP contribution is -2.41. The van der Waals surface area contributed by atoms with Crippen LogP contribution in [-0.4, -0.2) is 51.1 Å². The fourth-order valence-electron chi connectivity index (χ4n) is 2.78. The molecule has 1 aromatic heterocycles. The van der Waals surface area contributed by atoms with Crippen LogP contribution in [0.25, 0.3) is 0 Å². The first kappa shape index (κ1) is 22.1. The number of furan rings is 1. The van der Waals surface area contributed by atoms with E-state index in [1.54, 1.807) is 18.2 Å². The zero-order valence-electron chi connectivity index (χ0n) is 17.3. The Balaban J connectivity index is 2.06. The summed E-state index contributed by atoms with van der Waals surface area (Å²) in [5, 5.41) is 0. The van der Waals surface area contributed by atoms with Gasteiger partial charge in [0.05, 0.1) is 33.4 Å². The molecule has 1 heterocycles. The molecule has 0 saturated carbocycles. The van der Waals surface area contributed by atoms with Gasteiger partial charge in [0, 0.05) is 0 Å². The van der Waals surface area contributed by atoms with E-state index in [2.05, 4.69) is 29.6 Å². The maximum atomic E-state index is 12.5. The third-order valence-electron chi connectivity index (χ3n) is 4.40. The van der Waals surface area contributed by atoms with Gasteiger partial charge in [0.25, 0.3) is 5.91 Å². The van der Waals surface area contributed by atoms with Crippen LogP contribution in [0.5, 0.6) is 17.2 Å². The standard InChI is InChI=1S/C20H27N3O6/c1-6-23(7-2)12-13-8-10-16(29-13)20(25)22-21-19(24)14-9-11-15(26-3)18(28-5)17(14)27-4/h8-11H,6-7,12H2,1-5H3,(H,21,24)(H,22,25). The van der Waals surface area contributed by atoms with Gasteiger partial charge in [0.2, 0.25) is 5.75 Å². The molecule has 2 N–H and O–H groups in total. The van der Waals surface area contributed by atoms with Crippen LogP contribution in [0.2, 0.25) is 0 Å². The lowest BCUT2D eigenvalue weighted by atomic mass is 10.1. The van der Waals surface area contributed by atoms with Crippen molar-refractivity contribution in [2.45, 2.75) is 20.4 Å². The predicted octanol–water partition coefficient (Wildman–Crippen LogP) is 2.22. The number of amides is 2. The van der Waals surface area contributed by atoms with Crippen LogP contribution in [-0.2, 0) is 6.54 Å². The highest BCUT2D eigenvalue weighted by Crippen LogP contribution is 2.39. The average molecular weight is 405 g/mol. The molecule has 0 fully saturated rings. The van der Waals surface area contributed by atoms with E-state index in [1.165, 1.54) is 27.4 Å². The Morgan fingerprint density at radius 1 is 0.897 bits per heavy atom. The summed E-state index contributed by atoms with van der Waals surface area (Å²) in [4.78, 5) is 27.0. The van der Waals surface area contributed by atoms with E-state index in [1.807, 2.05) is 0 Å². The Labute approximate surface area is 169 Å². The normalized spacial score (nSPS) is 10.6. The predicted molar refractivity (Wildman–Crippen MR) is 106 cm³/mol. The van der Waals surface area contributed by atoms with E-state index < -0.39 is 11.8 Å². The van der Waals surface area contributed by atoms with E-state index in [-0.39, 0.29) is 22.8 Å². The van der Waals surface area contributed by atoms with E-state index in [4.69, 9.17) is 18.6 Å². The van der Waals surface area contributed by atoms with Crippen LogP contribution in [0.4, 0.5) is 0 Å². The Morgan fingerprint density at radius 2 is 1.55 bits per heavy atom. The van der Waals surface area contributed by atoms with Crippen molar-refractivity contribution in [2.75, 3.05) is 34.4 Å². The summed E-state index contributed by atoms with van der Waals surface area (Å²) >= 11 is 0. The number of benzene rings is 1. The Kier molecular flexibility index (Phi) is 7.90. The summed E-state index contributed by atoms with van der Waals surface area (Å²) < 4.78 is 21.3. The van der Waals surface area contributed by atoms with Crippen molar-refractivity contribution in [1.82, 2.24) is 15.8 Å². The lowest BCUT2D eigenvalue weighted by Gasteiger charge is -2.16. The summed E-state index contributed by atoms with van der Waals surface area (Å²) in [6.07, 6.45) is 0. The van der Waals surface area contributed by atoms with Gasteiger partial charge in [-0.15, -0.1) is 0 Å². The quantitative estimate of drug-likeness (QED) is 0.617. The van der Waals surface area contributed by atoms with Gasteiger partial charge in [0.1, 0.15) is 5.76 Å². The van der Waals surface area contributed by atoms with E-state index in [0.717, 1.165) is 13.1 Å². The minimum absolute atomic E-state index is 0.103. The van der Waals surface area contributed by atoms with Crippen molar-refractivity contribution < 1.29 is 28.2 Å². The van der Waals surface area contributed by atoms with Crippen molar-refractivity contribution in [3.63, 3.8) is 0 Å². The molecule has 1 aromatic carbocycles. The number of hydrazine groups is 1. The van der Waals surface area contributed by atoms with Crippen LogP contribution < -0.4 is 25.1 Å². The summed E-state index contributed by atoms with van der Waals surface area (Å²) in [6.45, 7) is 6.47. The summed E-state index contributed by atoms with van der Waals surface area (Å²) in [6, 6.07) is 6.39. The van der Waals surface area contributed by atoms with Gasteiger partial charge in [-0.25, -0.2) is 0 Å². The topological polar surface area (TPSA) is 102 Å². The van der Waals surface area contributed by atoms with Gasteiger partial charge in [-0.3, -0.25) is 25.3 Å². The molecule has 0 spiro atoms. The van der Waals surface area contributed by atoms with E-state index in [0.29, 0.717) is 18.1 Å². The molecule has 0 saturated heterocycles. The second-order valence-electron chi connectivity index (χ2n) is 6.02. The van der Waals surface area contributed by atoms with Crippen molar-refractivity contribution in [1.29, 1.82) is 0 Å². The SMILES string of the molecule is CCN(CC)Cc1ccc(C(=O)NNC(=O)c2ccc(OC)c(OC)c2OC)o1. The van der Waals surface area contributed by atoms with Gasteiger partial charge in [0.15, 0.2) is 17.3 Å². The molecular formula is C20H27N3O6. The molecule has 0 radical (unpaired) electrons. The van der Waals surface area contributed by atoms with E-state index >= 15 is 0 Å². The molecule has 29 heavy (non-hydrogen) atoms. The number of carbonyl (C=O) groups excluding carboxylic acids is 2. The number of nitrogens with one attached hydrogen (secondary N) is 2. The number of methoxy groups -OCH3 is 3. The molecule has 0 aliphatic carbocycles. The monoisotopic (exact) mass is 405 g/mol. The molecule has 9 heteroatoms. The molecule has 0 bridgehead atoms. The minimum Gasteiger partial charge on any atom is -0.493 e. The first-order valence-electron chi connectivity index (χ1n) is 9.19. The molecule has 0 unspecified atom stereocenters. The maximum Gasteiger partial charge on any atom is 0.305 e. The summed E-state index contributed by atoms with van der Waals surface area (Å²) in [5.41, 5.74) is 4.86. The van der Waals surface area contributed by atoms with E-state index in [9.17, 15) is 9.59 Å². The summed E-state index contributed by atoms with van der Waals surface area (Å²) in [5.74, 6) is 0.522. The first-order chi connectivity index (χ1) is 14.0. The number of ether oxygens (including phenoxy) is 3. The Morgan fingerprint density at radius 3 is 2.14 bits per heavy atom. The molecule has 2 amide bonds. The van der Waals surface area contributed by atoms with Gasteiger partial charge in [-0.05, 0) is 37.4 Å². The highest BCUT2D eigenvalue weighted by Gasteiger charge is 2.21. The minimum atomic E-state index is -0.578. The number of nitrogens with zero attached hydrogens (tertiary/aromatic N) is 1. The Hall–Kier alpha value is -3.20. The number of carbonyl (C=O) groups is 2. The Bertz CT molecular complexity index is 845. The molecule has 9 nitrogen and oxygen atoms in total. The highest BCUT2D eigenvalue weighted by atomic mass is 16.5. The largest absolute Gasteiger partial charge is 0.493 e. The van der Waals surface area contributed by atoms with Crippen LogP contribution >= 0.6 is 0 Å². The molecule has 2 aromatic rings. The van der Waals surface area contributed by atoms with Gasteiger partial charge in [-0.2, -0.15) is 0 Å². The zero-order valence-corrected chi connectivity index (χ0v) is 17.3. The zero-order chi connectivity index (χ0) is 21.4. The fourth-order valence-corrected chi connectivity index (χ4v) is 2.78. The second kappa shape index (κ2) is 10.4. The highest BCUT2D eigenvalue weighted by molar-refractivity contribution is 6.00. The number of hydrogen-bond acceptors (Lipinski definition) is 7. The van der Waals surface area contributed by atoms with Crippen LogP contribution in [0.15, 0.2) is 28.7 Å². The molecule has 0 atom stereocenters.